The summed E-state index contributed by atoms with van der Waals surface area (Å²) < 4.78 is 5.75. The molecule has 1 saturated carbocycles. The zero-order chi connectivity index (χ0) is 11.8. The van der Waals surface area contributed by atoms with Crippen LogP contribution in [0.3, 0.4) is 0 Å². The first-order chi connectivity index (χ1) is 8.28. The van der Waals surface area contributed by atoms with Gasteiger partial charge in [-0.1, -0.05) is 13.0 Å². The van der Waals surface area contributed by atoms with Crippen LogP contribution in [-0.4, -0.2) is 11.5 Å². The third-order valence-corrected chi connectivity index (χ3v) is 3.52. The lowest BCUT2D eigenvalue weighted by Gasteiger charge is -2.09. The molecule has 90 valence electrons. The average molecular weight is 230 g/mol. The summed E-state index contributed by atoms with van der Waals surface area (Å²) in [5, 5.41) is 0. The van der Waals surface area contributed by atoms with Crippen LogP contribution in [0.25, 0.3) is 11.1 Å². The maximum absolute atomic E-state index is 5.75. The molecule has 0 aliphatic heterocycles. The number of benzene rings is 1. The maximum Gasteiger partial charge on any atom is 0.198 e. The number of aromatic nitrogens is 1. The fraction of sp³-hybridized carbons (Fsp3) is 0.500. The van der Waals surface area contributed by atoms with Gasteiger partial charge in [-0.2, -0.15) is 0 Å². The zero-order valence-corrected chi connectivity index (χ0v) is 10.1. The van der Waals surface area contributed by atoms with E-state index in [-0.39, 0.29) is 0 Å². The summed E-state index contributed by atoms with van der Waals surface area (Å²) in [7, 11) is 0. The topological polar surface area (TPSA) is 52.0 Å². The van der Waals surface area contributed by atoms with Gasteiger partial charge in [-0.15, -0.1) is 0 Å². The molecule has 0 amide bonds. The Kier molecular flexibility index (Phi) is 2.63. The summed E-state index contributed by atoms with van der Waals surface area (Å²) in [6.45, 7) is 2.93. The SMILES string of the molecule is CC(CCN)c1ccc2oc(C3CC3)nc2c1. The van der Waals surface area contributed by atoms with E-state index in [1.807, 2.05) is 6.07 Å². The fourth-order valence-electron chi connectivity index (χ4n) is 2.19. The number of rotatable bonds is 4. The van der Waals surface area contributed by atoms with E-state index in [1.165, 1.54) is 18.4 Å². The summed E-state index contributed by atoms with van der Waals surface area (Å²) in [5.41, 5.74) is 8.81. The number of oxazole rings is 1. The van der Waals surface area contributed by atoms with E-state index in [0.717, 1.165) is 30.0 Å². The van der Waals surface area contributed by atoms with E-state index in [4.69, 9.17) is 10.2 Å². The molecule has 1 unspecified atom stereocenters. The van der Waals surface area contributed by atoms with Gasteiger partial charge in [-0.25, -0.2) is 4.98 Å². The number of hydrogen-bond donors (Lipinski definition) is 1. The zero-order valence-electron chi connectivity index (χ0n) is 10.1. The Morgan fingerprint density at radius 2 is 2.29 bits per heavy atom. The Morgan fingerprint density at radius 3 is 3.00 bits per heavy atom. The predicted octanol–water partition coefficient (Wildman–Crippen LogP) is 3.16. The Morgan fingerprint density at radius 1 is 1.47 bits per heavy atom. The molecular weight excluding hydrogens is 212 g/mol. The van der Waals surface area contributed by atoms with Crippen LogP contribution in [0.15, 0.2) is 22.6 Å². The van der Waals surface area contributed by atoms with Crippen LogP contribution in [0.4, 0.5) is 0 Å². The Balaban J connectivity index is 1.94. The van der Waals surface area contributed by atoms with Gasteiger partial charge in [0, 0.05) is 5.92 Å². The van der Waals surface area contributed by atoms with Gasteiger partial charge in [0.2, 0.25) is 0 Å². The van der Waals surface area contributed by atoms with Crippen molar-refractivity contribution in [1.82, 2.24) is 4.98 Å². The largest absolute Gasteiger partial charge is 0.440 e. The molecule has 3 rings (SSSR count). The molecule has 3 heteroatoms. The molecule has 1 aromatic heterocycles. The highest BCUT2D eigenvalue weighted by Crippen LogP contribution is 2.40. The molecule has 3 nitrogen and oxygen atoms in total. The third kappa shape index (κ3) is 2.07. The molecule has 0 radical (unpaired) electrons. The van der Waals surface area contributed by atoms with Gasteiger partial charge in [-0.05, 0) is 49.4 Å². The van der Waals surface area contributed by atoms with E-state index in [1.54, 1.807) is 0 Å². The molecule has 0 bridgehead atoms. The third-order valence-electron chi connectivity index (χ3n) is 3.52. The minimum atomic E-state index is 0.491. The molecule has 0 saturated heterocycles. The van der Waals surface area contributed by atoms with Gasteiger partial charge >= 0.3 is 0 Å². The lowest BCUT2D eigenvalue weighted by atomic mass is 9.98. The fourth-order valence-corrected chi connectivity index (χ4v) is 2.19. The molecule has 1 aliphatic rings. The highest BCUT2D eigenvalue weighted by Gasteiger charge is 2.28. The molecule has 0 spiro atoms. The van der Waals surface area contributed by atoms with Crippen molar-refractivity contribution >= 4 is 11.1 Å². The summed E-state index contributed by atoms with van der Waals surface area (Å²) in [6.07, 6.45) is 3.46. The lowest BCUT2D eigenvalue weighted by Crippen LogP contribution is -2.04. The van der Waals surface area contributed by atoms with Crippen LogP contribution in [0.5, 0.6) is 0 Å². The van der Waals surface area contributed by atoms with Crippen LogP contribution >= 0.6 is 0 Å². The first-order valence-electron chi connectivity index (χ1n) is 6.38. The van der Waals surface area contributed by atoms with Crippen LogP contribution in [0, 0.1) is 0 Å². The first kappa shape index (κ1) is 10.8. The second-order valence-electron chi connectivity index (χ2n) is 5.03. The molecule has 2 N–H and O–H groups in total. The van der Waals surface area contributed by atoms with Crippen molar-refractivity contribution in [2.24, 2.45) is 5.73 Å². The molecule has 17 heavy (non-hydrogen) atoms. The van der Waals surface area contributed by atoms with Crippen LogP contribution in [0.2, 0.25) is 0 Å². The predicted molar refractivity (Wildman–Crippen MR) is 68.1 cm³/mol. The van der Waals surface area contributed by atoms with Crippen LogP contribution in [0.1, 0.15) is 49.5 Å². The second-order valence-corrected chi connectivity index (χ2v) is 5.03. The minimum Gasteiger partial charge on any atom is -0.440 e. The average Bonchev–Trinajstić information content (AvgIpc) is 3.08. The second kappa shape index (κ2) is 4.15. The number of fused-ring (bicyclic) bond motifs is 1. The van der Waals surface area contributed by atoms with E-state index in [0.29, 0.717) is 11.8 Å². The number of hydrogen-bond acceptors (Lipinski definition) is 3. The first-order valence-corrected chi connectivity index (χ1v) is 6.38. The Labute approximate surface area is 101 Å². The number of nitrogens with zero attached hydrogens (tertiary/aromatic N) is 1. The normalized spacial score (nSPS) is 17.5. The van der Waals surface area contributed by atoms with Gasteiger partial charge in [0.25, 0.3) is 0 Å². The monoisotopic (exact) mass is 230 g/mol. The smallest absolute Gasteiger partial charge is 0.198 e. The van der Waals surface area contributed by atoms with E-state index in [9.17, 15) is 0 Å². The van der Waals surface area contributed by atoms with Gasteiger partial charge in [-0.3, -0.25) is 0 Å². The quantitative estimate of drug-likeness (QED) is 0.877. The highest BCUT2D eigenvalue weighted by atomic mass is 16.3. The van der Waals surface area contributed by atoms with Crippen LogP contribution < -0.4 is 5.73 Å². The van der Waals surface area contributed by atoms with Crippen molar-refractivity contribution < 1.29 is 4.42 Å². The van der Waals surface area contributed by atoms with Crippen molar-refractivity contribution in [3.63, 3.8) is 0 Å². The van der Waals surface area contributed by atoms with E-state index >= 15 is 0 Å². The molecule has 1 heterocycles. The lowest BCUT2D eigenvalue weighted by molar-refractivity contribution is 0.533. The van der Waals surface area contributed by atoms with Gasteiger partial charge < -0.3 is 10.2 Å². The standard InChI is InChI=1S/C14H18N2O/c1-9(6-7-15)11-4-5-13-12(8-11)16-14(17-13)10-2-3-10/h4-5,8-10H,2-3,6-7,15H2,1H3. The summed E-state index contributed by atoms with van der Waals surface area (Å²) in [5.74, 6) is 1.99. The van der Waals surface area contributed by atoms with E-state index in [2.05, 4.69) is 24.0 Å². The molecule has 1 fully saturated rings. The van der Waals surface area contributed by atoms with Crippen molar-refractivity contribution in [2.45, 2.75) is 38.0 Å². The maximum atomic E-state index is 5.75. The van der Waals surface area contributed by atoms with Gasteiger partial charge in [0.05, 0.1) is 0 Å². The van der Waals surface area contributed by atoms with Crippen molar-refractivity contribution in [1.29, 1.82) is 0 Å². The van der Waals surface area contributed by atoms with E-state index < -0.39 is 0 Å². The molecule has 2 aromatic rings. The summed E-state index contributed by atoms with van der Waals surface area (Å²) >= 11 is 0. The Bertz CT molecular complexity index is 528. The van der Waals surface area contributed by atoms with Gasteiger partial charge in [0.1, 0.15) is 5.52 Å². The van der Waals surface area contributed by atoms with Crippen molar-refractivity contribution in [2.75, 3.05) is 6.54 Å². The van der Waals surface area contributed by atoms with Crippen molar-refractivity contribution in [3.05, 3.63) is 29.7 Å². The number of nitrogens with two attached hydrogens (primary N) is 1. The molecule has 1 atom stereocenters. The highest BCUT2D eigenvalue weighted by molar-refractivity contribution is 5.73. The summed E-state index contributed by atoms with van der Waals surface area (Å²) in [4.78, 5) is 4.58. The van der Waals surface area contributed by atoms with Crippen LogP contribution in [-0.2, 0) is 0 Å². The van der Waals surface area contributed by atoms with Gasteiger partial charge in [0.15, 0.2) is 11.5 Å². The molecular formula is C14H18N2O. The minimum absolute atomic E-state index is 0.491. The molecule has 1 aromatic carbocycles. The summed E-state index contributed by atoms with van der Waals surface area (Å²) in [6, 6.07) is 6.31. The Hall–Kier alpha value is -1.35. The molecule has 1 aliphatic carbocycles. The van der Waals surface area contributed by atoms with Crippen molar-refractivity contribution in [3.8, 4) is 0 Å².